The van der Waals surface area contributed by atoms with Gasteiger partial charge in [-0.15, -0.1) is 0 Å². The number of benzene rings is 2. The first-order chi connectivity index (χ1) is 14.7. The average Bonchev–Trinajstić information content (AvgIpc) is 3.31. The lowest BCUT2D eigenvalue weighted by molar-refractivity contribution is 0.0928. The predicted molar refractivity (Wildman–Crippen MR) is 116 cm³/mol. The minimum absolute atomic E-state index is 0.0116. The van der Waals surface area contributed by atoms with Crippen LogP contribution in [0.25, 0.3) is 0 Å². The highest BCUT2D eigenvalue weighted by Crippen LogP contribution is 2.43. The Hall–Kier alpha value is -3.00. The standard InChI is InChI=1S/C25H26N4O/c26-15-29-21-7-9-24(29)22(14-21)27-25(30)19-6-8-23-18(12-19)10-11-28(23)20-3-1-2-17(13-20)16-4-5-16/h1-3,6,8,12-13,16,21-22,24H,4-5,7,9-11,14H2,(H,27,30). The van der Waals surface area contributed by atoms with Gasteiger partial charge in [0.25, 0.3) is 5.91 Å². The summed E-state index contributed by atoms with van der Waals surface area (Å²) in [4.78, 5) is 17.2. The van der Waals surface area contributed by atoms with Crippen molar-refractivity contribution in [3.8, 4) is 6.19 Å². The van der Waals surface area contributed by atoms with Crippen molar-refractivity contribution in [2.75, 3.05) is 11.4 Å². The fourth-order valence-corrected chi connectivity index (χ4v) is 5.73. The number of nitrogens with one attached hydrogen (secondary N) is 1. The summed E-state index contributed by atoms with van der Waals surface area (Å²) in [5, 5.41) is 12.6. The number of hydrogen-bond donors (Lipinski definition) is 1. The summed E-state index contributed by atoms with van der Waals surface area (Å²) in [6, 6.07) is 15.6. The van der Waals surface area contributed by atoms with E-state index in [-0.39, 0.29) is 18.0 Å². The Balaban J connectivity index is 1.19. The van der Waals surface area contributed by atoms with Crippen molar-refractivity contribution < 1.29 is 4.79 Å². The van der Waals surface area contributed by atoms with Gasteiger partial charge in [-0.25, -0.2) is 0 Å². The molecule has 5 heteroatoms. The Morgan fingerprint density at radius 1 is 1.10 bits per heavy atom. The second-order valence-electron chi connectivity index (χ2n) is 9.24. The maximum atomic E-state index is 12.9. The van der Waals surface area contributed by atoms with Crippen LogP contribution in [0.5, 0.6) is 0 Å². The normalized spacial score (nSPS) is 26.6. The monoisotopic (exact) mass is 398 g/mol. The van der Waals surface area contributed by atoms with Gasteiger partial charge in [-0.3, -0.25) is 4.79 Å². The molecule has 3 fully saturated rings. The second kappa shape index (κ2) is 6.77. The van der Waals surface area contributed by atoms with E-state index >= 15 is 0 Å². The molecule has 3 aliphatic heterocycles. The molecule has 1 amide bonds. The van der Waals surface area contributed by atoms with Crippen molar-refractivity contribution in [2.45, 2.75) is 62.6 Å². The molecule has 3 unspecified atom stereocenters. The van der Waals surface area contributed by atoms with Gasteiger partial charge in [-0.05, 0) is 85.9 Å². The SMILES string of the molecule is N#CN1C2CCC1C(NC(=O)c1ccc3c(c1)CCN3c1cccc(C3CC3)c1)C2. The van der Waals surface area contributed by atoms with Crippen LogP contribution >= 0.6 is 0 Å². The van der Waals surface area contributed by atoms with Crippen LogP contribution in [0.15, 0.2) is 42.5 Å². The molecular weight excluding hydrogens is 372 g/mol. The third kappa shape index (κ3) is 2.86. The summed E-state index contributed by atoms with van der Waals surface area (Å²) < 4.78 is 0. The Morgan fingerprint density at radius 2 is 2.00 bits per heavy atom. The fraction of sp³-hybridized carbons (Fsp3) is 0.440. The lowest BCUT2D eigenvalue weighted by Crippen LogP contribution is -2.43. The molecule has 5 nitrogen and oxygen atoms in total. The van der Waals surface area contributed by atoms with E-state index in [9.17, 15) is 10.1 Å². The van der Waals surface area contributed by atoms with Gasteiger partial charge >= 0.3 is 0 Å². The molecular formula is C25H26N4O. The van der Waals surface area contributed by atoms with Gasteiger partial charge in [0.05, 0.1) is 12.1 Å². The Labute approximate surface area is 177 Å². The molecule has 0 aromatic heterocycles. The molecule has 4 aliphatic rings. The summed E-state index contributed by atoms with van der Waals surface area (Å²) >= 11 is 0. The summed E-state index contributed by atoms with van der Waals surface area (Å²) in [7, 11) is 0. The molecule has 1 N–H and O–H groups in total. The topological polar surface area (TPSA) is 59.4 Å². The van der Waals surface area contributed by atoms with Crippen molar-refractivity contribution in [1.82, 2.24) is 10.2 Å². The molecule has 30 heavy (non-hydrogen) atoms. The molecule has 0 radical (unpaired) electrons. The second-order valence-corrected chi connectivity index (χ2v) is 9.24. The van der Waals surface area contributed by atoms with E-state index < -0.39 is 0 Å². The molecule has 3 heterocycles. The molecule has 1 aliphatic carbocycles. The number of rotatable bonds is 4. The third-order valence-corrected chi connectivity index (χ3v) is 7.44. The lowest BCUT2D eigenvalue weighted by atomic mass is 9.95. The largest absolute Gasteiger partial charge is 0.347 e. The van der Waals surface area contributed by atoms with E-state index in [4.69, 9.17) is 0 Å². The lowest BCUT2D eigenvalue weighted by Gasteiger charge is -2.22. The zero-order valence-electron chi connectivity index (χ0n) is 17.1. The van der Waals surface area contributed by atoms with Crippen molar-refractivity contribution in [2.24, 2.45) is 0 Å². The minimum Gasteiger partial charge on any atom is -0.347 e. The van der Waals surface area contributed by atoms with E-state index in [2.05, 4.69) is 52.8 Å². The summed E-state index contributed by atoms with van der Waals surface area (Å²) in [5.41, 5.74) is 5.90. The highest BCUT2D eigenvalue weighted by atomic mass is 16.1. The Morgan fingerprint density at radius 3 is 2.80 bits per heavy atom. The van der Waals surface area contributed by atoms with E-state index in [1.807, 2.05) is 11.0 Å². The van der Waals surface area contributed by atoms with Gasteiger partial charge < -0.3 is 15.1 Å². The van der Waals surface area contributed by atoms with Gasteiger partial charge in [-0.2, -0.15) is 5.26 Å². The zero-order chi connectivity index (χ0) is 20.2. The average molecular weight is 399 g/mol. The van der Waals surface area contributed by atoms with Gasteiger partial charge in [0.1, 0.15) is 0 Å². The third-order valence-electron chi connectivity index (χ3n) is 7.44. The van der Waals surface area contributed by atoms with E-state index in [0.29, 0.717) is 6.04 Å². The molecule has 1 saturated carbocycles. The molecule has 0 spiro atoms. The smallest absolute Gasteiger partial charge is 0.251 e. The summed E-state index contributed by atoms with van der Waals surface area (Å²) in [6.07, 6.45) is 8.86. The number of fused-ring (bicyclic) bond motifs is 3. The quantitative estimate of drug-likeness (QED) is 0.789. The molecule has 2 aromatic rings. The molecule has 152 valence electrons. The highest BCUT2D eigenvalue weighted by molar-refractivity contribution is 5.95. The molecule has 6 rings (SSSR count). The van der Waals surface area contributed by atoms with Crippen LogP contribution in [0, 0.1) is 11.5 Å². The van der Waals surface area contributed by atoms with Crippen LogP contribution in [-0.4, -0.2) is 35.5 Å². The van der Waals surface area contributed by atoms with Gasteiger partial charge in [0, 0.05) is 29.5 Å². The van der Waals surface area contributed by atoms with Crippen LogP contribution in [0.4, 0.5) is 11.4 Å². The highest BCUT2D eigenvalue weighted by Gasteiger charge is 2.46. The number of carbonyl (C=O) groups is 1. The van der Waals surface area contributed by atoms with Crippen molar-refractivity contribution in [1.29, 1.82) is 5.26 Å². The summed E-state index contributed by atoms with van der Waals surface area (Å²) in [5.74, 6) is 0.739. The minimum atomic E-state index is -0.0116. The fourth-order valence-electron chi connectivity index (χ4n) is 5.73. The number of nitrogens with zero attached hydrogens (tertiary/aromatic N) is 3. The van der Waals surface area contributed by atoms with E-state index in [1.54, 1.807) is 0 Å². The van der Waals surface area contributed by atoms with Crippen molar-refractivity contribution in [3.63, 3.8) is 0 Å². The molecule has 2 saturated heterocycles. The van der Waals surface area contributed by atoms with Crippen LogP contribution in [0.3, 0.4) is 0 Å². The van der Waals surface area contributed by atoms with Gasteiger partial charge in [0.2, 0.25) is 0 Å². The maximum absolute atomic E-state index is 12.9. The van der Waals surface area contributed by atoms with Gasteiger partial charge in [-0.1, -0.05) is 12.1 Å². The maximum Gasteiger partial charge on any atom is 0.251 e. The first-order valence-electron chi connectivity index (χ1n) is 11.2. The Kier molecular flexibility index (Phi) is 4.02. The van der Waals surface area contributed by atoms with E-state index in [0.717, 1.165) is 43.7 Å². The summed E-state index contributed by atoms with van der Waals surface area (Å²) in [6.45, 7) is 0.956. The van der Waals surface area contributed by atoms with Crippen molar-refractivity contribution in [3.05, 3.63) is 59.2 Å². The number of amides is 1. The number of carbonyl (C=O) groups excluding carboxylic acids is 1. The van der Waals surface area contributed by atoms with E-state index in [1.165, 1.54) is 35.3 Å². The van der Waals surface area contributed by atoms with Crippen LogP contribution in [0.1, 0.15) is 59.5 Å². The van der Waals surface area contributed by atoms with Crippen molar-refractivity contribution >= 4 is 17.3 Å². The zero-order valence-corrected chi connectivity index (χ0v) is 17.1. The predicted octanol–water partition coefficient (Wildman–Crippen LogP) is 4.07. The number of anilines is 2. The molecule has 2 aromatic carbocycles. The first kappa shape index (κ1) is 17.8. The number of nitriles is 1. The first-order valence-corrected chi connectivity index (χ1v) is 11.2. The Bertz CT molecular complexity index is 1050. The molecule has 3 atom stereocenters. The number of hydrogen-bond acceptors (Lipinski definition) is 4. The van der Waals surface area contributed by atoms with Crippen LogP contribution in [-0.2, 0) is 6.42 Å². The van der Waals surface area contributed by atoms with Crippen LogP contribution in [0.2, 0.25) is 0 Å². The van der Waals surface area contributed by atoms with Crippen LogP contribution < -0.4 is 10.2 Å². The van der Waals surface area contributed by atoms with Gasteiger partial charge in [0.15, 0.2) is 6.19 Å². The molecule has 2 bridgehead atoms.